The second-order valence-electron chi connectivity index (χ2n) is 4.49. The second-order valence-corrected chi connectivity index (χ2v) is 5.67. The minimum absolute atomic E-state index is 0.140. The molecule has 106 valence electrons. The minimum atomic E-state index is -0.549. The Bertz CT molecular complexity index is 445. The van der Waals surface area contributed by atoms with Crippen molar-refractivity contribution in [2.24, 2.45) is 11.8 Å². The van der Waals surface area contributed by atoms with Crippen molar-refractivity contribution in [2.45, 2.75) is 13.8 Å². The quantitative estimate of drug-likeness (QED) is 0.477. The number of thiol groups is 1. The van der Waals surface area contributed by atoms with Crippen LogP contribution >= 0.6 is 35.8 Å². The molecule has 0 bridgehead atoms. The highest BCUT2D eigenvalue weighted by Gasteiger charge is 2.18. The highest BCUT2D eigenvalue weighted by molar-refractivity contribution is 7.80. The van der Waals surface area contributed by atoms with Gasteiger partial charge in [-0.25, -0.2) is 0 Å². The highest BCUT2D eigenvalue weighted by atomic mass is 35.5. The van der Waals surface area contributed by atoms with Crippen LogP contribution in [0.2, 0.25) is 10.0 Å². The smallest absolute Gasteiger partial charge is 0.272 e. The molecule has 19 heavy (non-hydrogen) atoms. The SMILES string of the molecule is CC(C)C(CS)COc1c(Cl)cc([N+](=O)[O-])cc1Cl. The van der Waals surface area contributed by atoms with Crippen molar-refractivity contribution >= 4 is 41.5 Å². The average Bonchev–Trinajstić information content (AvgIpc) is 2.31. The summed E-state index contributed by atoms with van der Waals surface area (Å²) in [6.07, 6.45) is 0. The fourth-order valence-electron chi connectivity index (χ4n) is 1.44. The van der Waals surface area contributed by atoms with E-state index in [1.807, 2.05) is 0 Å². The molecule has 0 saturated carbocycles. The van der Waals surface area contributed by atoms with Crippen LogP contribution in [-0.2, 0) is 0 Å². The molecule has 1 atom stereocenters. The molecule has 1 rings (SSSR count). The van der Waals surface area contributed by atoms with Crippen molar-refractivity contribution < 1.29 is 9.66 Å². The molecule has 0 aliphatic rings. The first-order valence-corrected chi connectivity index (χ1v) is 7.12. The van der Waals surface area contributed by atoms with Gasteiger partial charge in [-0.2, -0.15) is 12.6 Å². The van der Waals surface area contributed by atoms with Gasteiger partial charge in [-0.3, -0.25) is 10.1 Å². The monoisotopic (exact) mass is 323 g/mol. The van der Waals surface area contributed by atoms with E-state index in [-0.39, 0.29) is 27.4 Å². The number of ether oxygens (including phenoxy) is 1. The summed E-state index contributed by atoms with van der Waals surface area (Å²) in [6.45, 7) is 4.56. The molecule has 1 aromatic rings. The number of nitro groups is 1. The maximum atomic E-state index is 10.7. The van der Waals surface area contributed by atoms with Gasteiger partial charge in [-0.05, 0) is 11.7 Å². The lowest BCUT2D eigenvalue weighted by Crippen LogP contribution is -2.19. The van der Waals surface area contributed by atoms with Crippen molar-refractivity contribution in [3.05, 3.63) is 32.3 Å². The number of rotatable bonds is 6. The van der Waals surface area contributed by atoms with Crippen LogP contribution < -0.4 is 4.74 Å². The predicted octanol–water partition coefficient (Wildman–Crippen LogP) is 4.48. The van der Waals surface area contributed by atoms with E-state index in [4.69, 9.17) is 27.9 Å². The number of non-ortho nitro benzene ring substituents is 1. The molecule has 0 aromatic heterocycles. The number of nitrogens with zero attached hydrogens (tertiary/aromatic N) is 1. The summed E-state index contributed by atoms with van der Waals surface area (Å²) in [6, 6.07) is 2.46. The summed E-state index contributed by atoms with van der Waals surface area (Å²) in [4.78, 5) is 10.1. The van der Waals surface area contributed by atoms with E-state index in [1.165, 1.54) is 12.1 Å². The lowest BCUT2D eigenvalue weighted by molar-refractivity contribution is -0.384. The Morgan fingerprint density at radius 2 is 1.89 bits per heavy atom. The van der Waals surface area contributed by atoms with Gasteiger partial charge >= 0.3 is 0 Å². The van der Waals surface area contributed by atoms with Crippen LogP contribution in [0.1, 0.15) is 13.8 Å². The summed E-state index contributed by atoms with van der Waals surface area (Å²) in [7, 11) is 0. The third-order valence-electron chi connectivity index (χ3n) is 2.81. The van der Waals surface area contributed by atoms with Crippen LogP contribution in [-0.4, -0.2) is 17.3 Å². The Morgan fingerprint density at radius 1 is 1.37 bits per heavy atom. The van der Waals surface area contributed by atoms with Crippen LogP contribution in [0.5, 0.6) is 5.75 Å². The van der Waals surface area contributed by atoms with Gasteiger partial charge in [0.1, 0.15) is 0 Å². The Balaban J connectivity index is 2.87. The number of hydrogen-bond acceptors (Lipinski definition) is 4. The summed E-state index contributed by atoms with van der Waals surface area (Å²) >= 11 is 16.2. The molecule has 0 aliphatic carbocycles. The minimum Gasteiger partial charge on any atom is -0.490 e. The highest BCUT2D eigenvalue weighted by Crippen LogP contribution is 2.37. The van der Waals surface area contributed by atoms with Crippen LogP contribution in [0.15, 0.2) is 12.1 Å². The maximum absolute atomic E-state index is 10.7. The molecule has 0 radical (unpaired) electrons. The van der Waals surface area contributed by atoms with Gasteiger partial charge in [0.2, 0.25) is 0 Å². The molecule has 7 heteroatoms. The maximum Gasteiger partial charge on any atom is 0.272 e. The topological polar surface area (TPSA) is 52.4 Å². The molecule has 0 saturated heterocycles. The van der Waals surface area contributed by atoms with E-state index < -0.39 is 4.92 Å². The third kappa shape index (κ3) is 4.44. The van der Waals surface area contributed by atoms with Gasteiger partial charge < -0.3 is 4.74 Å². The first-order valence-electron chi connectivity index (χ1n) is 5.73. The fourth-order valence-corrected chi connectivity index (χ4v) is 2.55. The second kappa shape index (κ2) is 7.22. The Morgan fingerprint density at radius 3 is 2.26 bits per heavy atom. The van der Waals surface area contributed by atoms with Crippen molar-refractivity contribution in [2.75, 3.05) is 12.4 Å². The first kappa shape index (κ1) is 16.4. The Labute approximate surface area is 127 Å². The van der Waals surface area contributed by atoms with Crippen LogP contribution in [0, 0.1) is 22.0 Å². The van der Waals surface area contributed by atoms with Gasteiger partial charge in [-0.15, -0.1) is 0 Å². The Kier molecular flexibility index (Phi) is 6.23. The molecular formula is C12H15Cl2NO3S. The number of benzene rings is 1. The van der Waals surface area contributed by atoms with Crippen molar-refractivity contribution in [1.29, 1.82) is 0 Å². The lowest BCUT2D eigenvalue weighted by Gasteiger charge is -2.19. The molecule has 1 unspecified atom stereocenters. The van der Waals surface area contributed by atoms with E-state index in [2.05, 4.69) is 26.5 Å². The number of hydrogen-bond donors (Lipinski definition) is 1. The summed E-state index contributed by atoms with van der Waals surface area (Å²) in [5, 5.41) is 10.9. The summed E-state index contributed by atoms with van der Waals surface area (Å²) in [5.41, 5.74) is -0.156. The average molecular weight is 324 g/mol. The molecule has 4 nitrogen and oxygen atoms in total. The van der Waals surface area contributed by atoms with E-state index in [0.29, 0.717) is 18.3 Å². The number of nitro benzene ring substituents is 1. The predicted molar refractivity (Wildman–Crippen MR) is 80.8 cm³/mol. The molecule has 0 spiro atoms. The van der Waals surface area contributed by atoms with E-state index in [1.54, 1.807) is 0 Å². The zero-order chi connectivity index (χ0) is 14.6. The lowest BCUT2D eigenvalue weighted by atomic mass is 9.99. The van der Waals surface area contributed by atoms with E-state index in [0.717, 1.165) is 0 Å². The molecule has 0 aliphatic heterocycles. The molecule has 1 aromatic carbocycles. The van der Waals surface area contributed by atoms with Gasteiger partial charge in [-0.1, -0.05) is 37.0 Å². The standard InChI is InChI=1S/C12H15Cl2NO3S/c1-7(2)8(6-19)5-18-12-10(13)3-9(15(16)17)4-11(12)14/h3-4,7-8,19H,5-6H2,1-2H3. The fraction of sp³-hybridized carbons (Fsp3) is 0.500. The van der Waals surface area contributed by atoms with Gasteiger partial charge in [0, 0.05) is 18.1 Å². The van der Waals surface area contributed by atoms with E-state index >= 15 is 0 Å². The molecular weight excluding hydrogens is 309 g/mol. The molecule has 0 heterocycles. The van der Waals surface area contributed by atoms with Crippen LogP contribution in [0.25, 0.3) is 0 Å². The normalized spacial score (nSPS) is 12.5. The third-order valence-corrected chi connectivity index (χ3v) is 3.84. The van der Waals surface area contributed by atoms with Crippen molar-refractivity contribution in [3.8, 4) is 5.75 Å². The van der Waals surface area contributed by atoms with Crippen molar-refractivity contribution in [1.82, 2.24) is 0 Å². The van der Waals surface area contributed by atoms with Crippen molar-refractivity contribution in [3.63, 3.8) is 0 Å². The zero-order valence-electron chi connectivity index (χ0n) is 10.6. The number of halogens is 2. The Hall–Kier alpha value is -0.650. The summed E-state index contributed by atoms with van der Waals surface area (Å²) < 4.78 is 5.58. The van der Waals surface area contributed by atoms with Gasteiger partial charge in [0.05, 0.1) is 21.6 Å². The molecule has 0 fully saturated rings. The van der Waals surface area contributed by atoms with Crippen LogP contribution in [0.3, 0.4) is 0 Å². The van der Waals surface area contributed by atoms with Gasteiger partial charge in [0.15, 0.2) is 5.75 Å². The zero-order valence-corrected chi connectivity index (χ0v) is 13.0. The van der Waals surface area contributed by atoms with E-state index in [9.17, 15) is 10.1 Å². The van der Waals surface area contributed by atoms with Crippen LogP contribution in [0.4, 0.5) is 5.69 Å². The van der Waals surface area contributed by atoms with Gasteiger partial charge in [0.25, 0.3) is 5.69 Å². The molecule has 0 N–H and O–H groups in total. The largest absolute Gasteiger partial charge is 0.490 e. The first-order chi connectivity index (χ1) is 8.86. The summed E-state index contributed by atoms with van der Waals surface area (Å²) in [5.74, 6) is 1.63. The molecule has 0 amide bonds.